The second kappa shape index (κ2) is 6.91. The van der Waals surface area contributed by atoms with Gasteiger partial charge in [-0.2, -0.15) is 0 Å². The fourth-order valence-corrected chi connectivity index (χ4v) is 2.55. The SMILES string of the molecule is COc1nc2cc(F)c(F)cc2nc1NC(=O)NC1CCNCC1. The number of fused-ring (bicyclic) bond motifs is 1. The number of anilines is 1. The van der Waals surface area contributed by atoms with E-state index in [2.05, 4.69) is 25.9 Å². The Kier molecular flexibility index (Phi) is 4.70. The molecule has 0 spiro atoms. The molecule has 0 unspecified atom stereocenters. The number of amides is 2. The van der Waals surface area contributed by atoms with E-state index in [1.54, 1.807) is 0 Å². The third-order valence-corrected chi connectivity index (χ3v) is 3.77. The van der Waals surface area contributed by atoms with Crippen molar-refractivity contribution in [1.82, 2.24) is 20.6 Å². The van der Waals surface area contributed by atoms with Crippen LogP contribution in [-0.4, -0.2) is 42.2 Å². The maximum atomic E-state index is 13.4. The van der Waals surface area contributed by atoms with E-state index in [1.807, 2.05) is 0 Å². The second-order valence-corrected chi connectivity index (χ2v) is 5.46. The number of hydrogen-bond acceptors (Lipinski definition) is 5. The molecule has 0 aliphatic carbocycles. The van der Waals surface area contributed by atoms with Gasteiger partial charge in [0.05, 0.1) is 18.1 Å². The Morgan fingerprint density at radius 2 is 1.83 bits per heavy atom. The first kappa shape index (κ1) is 16.3. The summed E-state index contributed by atoms with van der Waals surface area (Å²) in [5.41, 5.74) is 0.252. The third kappa shape index (κ3) is 3.51. The number of piperidine rings is 1. The highest BCUT2D eigenvalue weighted by atomic mass is 19.2. The van der Waals surface area contributed by atoms with Crippen molar-refractivity contribution in [1.29, 1.82) is 0 Å². The van der Waals surface area contributed by atoms with Crippen LogP contribution in [-0.2, 0) is 0 Å². The molecule has 0 saturated carbocycles. The van der Waals surface area contributed by atoms with Gasteiger partial charge in [0.15, 0.2) is 17.5 Å². The van der Waals surface area contributed by atoms with Gasteiger partial charge in [-0.15, -0.1) is 0 Å². The summed E-state index contributed by atoms with van der Waals surface area (Å²) in [5, 5.41) is 8.60. The van der Waals surface area contributed by atoms with Gasteiger partial charge in [-0.25, -0.2) is 23.5 Å². The predicted molar refractivity (Wildman–Crippen MR) is 84.1 cm³/mol. The van der Waals surface area contributed by atoms with E-state index in [4.69, 9.17) is 4.74 Å². The zero-order valence-electron chi connectivity index (χ0n) is 13.0. The van der Waals surface area contributed by atoms with Gasteiger partial charge in [0.2, 0.25) is 0 Å². The molecule has 1 saturated heterocycles. The molecule has 1 aromatic carbocycles. The van der Waals surface area contributed by atoms with Crippen LogP contribution in [0.15, 0.2) is 12.1 Å². The van der Waals surface area contributed by atoms with Crippen molar-refractivity contribution in [3.8, 4) is 5.88 Å². The molecule has 0 bridgehead atoms. The molecule has 7 nitrogen and oxygen atoms in total. The third-order valence-electron chi connectivity index (χ3n) is 3.77. The molecule has 2 aromatic rings. The van der Waals surface area contributed by atoms with Crippen LogP contribution in [0.5, 0.6) is 5.88 Å². The minimum atomic E-state index is -1.04. The lowest BCUT2D eigenvalue weighted by Gasteiger charge is -2.23. The van der Waals surface area contributed by atoms with Crippen molar-refractivity contribution in [3.05, 3.63) is 23.8 Å². The quantitative estimate of drug-likeness (QED) is 0.795. The van der Waals surface area contributed by atoms with Gasteiger partial charge < -0.3 is 15.4 Å². The molecular weight excluding hydrogens is 320 g/mol. The van der Waals surface area contributed by atoms with Gasteiger partial charge in [0.1, 0.15) is 0 Å². The second-order valence-electron chi connectivity index (χ2n) is 5.46. The molecule has 9 heteroatoms. The molecule has 0 radical (unpaired) electrons. The summed E-state index contributed by atoms with van der Waals surface area (Å²) in [6.07, 6.45) is 1.66. The van der Waals surface area contributed by atoms with Gasteiger partial charge in [0, 0.05) is 18.2 Å². The largest absolute Gasteiger partial charge is 0.478 e. The average Bonchev–Trinajstić information content (AvgIpc) is 2.56. The number of hydrogen-bond donors (Lipinski definition) is 3. The highest BCUT2D eigenvalue weighted by Crippen LogP contribution is 2.24. The molecule has 2 amide bonds. The maximum Gasteiger partial charge on any atom is 0.320 e. The summed E-state index contributed by atoms with van der Waals surface area (Å²) < 4.78 is 31.7. The summed E-state index contributed by atoms with van der Waals surface area (Å²) in [6, 6.07) is 1.47. The Bertz CT molecular complexity index is 765. The Balaban J connectivity index is 1.81. The number of urea groups is 1. The van der Waals surface area contributed by atoms with Crippen molar-refractivity contribution < 1.29 is 18.3 Å². The van der Waals surface area contributed by atoms with E-state index < -0.39 is 17.7 Å². The van der Waals surface area contributed by atoms with Crippen molar-refractivity contribution in [2.45, 2.75) is 18.9 Å². The van der Waals surface area contributed by atoms with Crippen LogP contribution >= 0.6 is 0 Å². The number of benzene rings is 1. The van der Waals surface area contributed by atoms with Crippen LogP contribution in [0.1, 0.15) is 12.8 Å². The summed E-state index contributed by atoms with van der Waals surface area (Å²) in [6.45, 7) is 1.68. The van der Waals surface area contributed by atoms with E-state index in [-0.39, 0.29) is 28.8 Å². The van der Waals surface area contributed by atoms with Gasteiger partial charge in [-0.1, -0.05) is 0 Å². The fourth-order valence-electron chi connectivity index (χ4n) is 2.55. The van der Waals surface area contributed by atoms with Crippen molar-refractivity contribution in [2.75, 3.05) is 25.5 Å². The van der Waals surface area contributed by atoms with E-state index in [0.29, 0.717) is 0 Å². The van der Waals surface area contributed by atoms with E-state index in [0.717, 1.165) is 38.1 Å². The molecule has 24 heavy (non-hydrogen) atoms. The fraction of sp³-hybridized carbons (Fsp3) is 0.400. The lowest BCUT2D eigenvalue weighted by atomic mass is 10.1. The number of rotatable bonds is 3. The molecule has 3 rings (SSSR count). The lowest BCUT2D eigenvalue weighted by molar-refractivity contribution is 0.245. The van der Waals surface area contributed by atoms with Crippen LogP contribution in [0.25, 0.3) is 11.0 Å². The summed E-state index contributed by atoms with van der Waals surface area (Å²) in [7, 11) is 1.35. The molecule has 1 aliphatic heterocycles. The smallest absolute Gasteiger partial charge is 0.320 e. The Labute approximate surface area is 136 Å². The molecule has 1 aromatic heterocycles. The Morgan fingerprint density at radius 1 is 1.21 bits per heavy atom. The number of halogens is 2. The summed E-state index contributed by atoms with van der Waals surface area (Å²) in [4.78, 5) is 20.3. The predicted octanol–water partition coefficient (Wildman–Crippen LogP) is 1.79. The van der Waals surface area contributed by atoms with Crippen LogP contribution in [0, 0.1) is 11.6 Å². The molecule has 2 heterocycles. The molecule has 1 fully saturated rings. The van der Waals surface area contributed by atoms with E-state index in [9.17, 15) is 13.6 Å². The first-order chi connectivity index (χ1) is 11.6. The number of nitrogens with zero attached hydrogens (tertiary/aromatic N) is 2. The van der Waals surface area contributed by atoms with Crippen molar-refractivity contribution in [2.24, 2.45) is 0 Å². The van der Waals surface area contributed by atoms with Gasteiger partial charge >= 0.3 is 6.03 Å². The number of carbonyl (C=O) groups excluding carboxylic acids is 1. The topological polar surface area (TPSA) is 88.2 Å². The highest BCUT2D eigenvalue weighted by molar-refractivity contribution is 5.91. The van der Waals surface area contributed by atoms with Gasteiger partial charge in [0.25, 0.3) is 5.88 Å². The van der Waals surface area contributed by atoms with Gasteiger partial charge in [-0.05, 0) is 25.9 Å². The van der Waals surface area contributed by atoms with Crippen LogP contribution in [0.2, 0.25) is 0 Å². The van der Waals surface area contributed by atoms with E-state index in [1.165, 1.54) is 7.11 Å². The van der Waals surface area contributed by atoms with Crippen LogP contribution in [0.3, 0.4) is 0 Å². The average molecular weight is 337 g/mol. The van der Waals surface area contributed by atoms with Crippen molar-refractivity contribution in [3.63, 3.8) is 0 Å². The molecule has 128 valence electrons. The number of carbonyl (C=O) groups is 1. The van der Waals surface area contributed by atoms with Crippen molar-refractivity contribution >= 4 is 22.9 Å². The number of methoxy groups -OCH3 is 1. The minimum Gasteiger partial charge on any atom is -0.478 e. The normalized spacial score (nSPS) is 15.3. The summed E-state index contributed by atoms with van der Waals surface area (Å²) >= 11 is 0. The molecule has 1 aliphatic rings. The first-order valence-corrected chi connectivity index (χ1v) is 7.56. The Hall–Kier alpha value is -2.55. The van der Waals surface area contributed by atoms with E-state index >= 15 is 0 Å². The zero-order chi connectivity index (χ0) is 17.1. The zero-order valence-corrected chi connectivity index (χ0v) is 13.0. The summed E-state index contributed by atoms with van der Waals surface area (Å²) in [5.74, 6) is -1.99. The number of nitrogens with one attached hydrogen (secondary N) is 3. The first-order valence-electron chi connectivity index (χ1n) is 7.56. The number of aromatic nitrogens is 2. The minimum absolute atomic E-state index is 0.0222. The highest BCUT2D eigenvalue weighted by Gasteiger charge is 2.18. The van der Waals surface area contributed by atoms with Gasteiger partial charge in [-0.3, -0.25) is 5.32 Å². The van der Waals surface area contributed by atoms with Crippen LogP contribution in [0.4, 0.5) is 19.4 Å². The number of ether oxygens (including phenoxy) is 1. The maximum absolute atomic E-state index is 13.4. The monoisotopic (exact) mass is 337 g/mol. The molecular formula is C15H17F2N5O2. The standard InChI is InChI=1S/C15H17F2N5O2/c1-24-14-13(22-15(23)19-8-2-4-18-5-3-8)20-11-6-9(16)10(17)7-12(11)21-14/h6-8,18H,2-5H2,1H3,(H2,19,20,22,23). The molecule has 3 N–H and O–H groups in total. The lowest BCUT2D eigenvalue weighted by Crippen LogP contribution is -2.44. The van der Waals surface area contributed by atoms with Crippen LogP contribution < -0.4 is 20.7 Å². The molecule has 0 atom stereocenters. The Morgan fingerprint density at radius 3 is 2.46 bits per heavy atom.